The van der Waals surface area contributed by atoms with Crippen LogP contribution in [0.2, 0.25) is 0 Å². The predicted octanol–water partition coefficient (Wildman–Crippen LogP) is 11.5. The van der Waals surface area contributed by atoms with E-state index in [0.717, 1.165) is 61.3 Å². The van der Waals surface area contributed by atoms with Gasteiger partial charge in [-0.25, -0.2) is 9.97 Å². The minimum absolute atomic E-state index is 0.680. The number of fused-ring (bicyclic) bond motifs is 13. The van der Waals surface area contributed by atoms with Gasteiger partial charge in [0, 0.05) is 50.2 Å². The molecule has 7 aromatic carbocycles. The van der Waals surface area contributed by atoms with Crippen molar-refractivity contribution in [2.45, 2.75) is 6.42 Å². The highest BCUT2D eigenvalue weighted by atomic mass is 16.3. The summed E-state index contributed by atoms with van der Waals surface area (Å²) < 4.78 is 9.02. The zero-order valence-electron chi connectivity index (χ0n) is 26.4. The van der Waals surface area contributed by atoms with Crippen LogP contribution in [0.1, 0.15) is 11.1 Å². The van der Waals surface area contributed by atoms with E-state index in [2.05, 4.69) is 144 Å². The fourth-order valence-electron chi connectivity index (χ4n) is 7.96. The molecule has 4 heterocycles. The lowest BCUT2D eigenvalue weighted by Gasteiger charge is -2.19. The van der Waals surface area contributed by atoms with E-state index in [4.69, 9.17) is 14.4 Å². The average molecular weight is 626 g/mol. The van der Waals surface area contributed by atoms with Gasteiger partial charge in [0.05, 0.1) is 28.1 Å². The third kappa shape index (κ3) is 3.86. The molecule has 0 atom stereocenters. The Morgan fingerprint density at radius 1 is 0.510 bits per heavy atom. The number of hydrogen-bond acceptors (Lipinski definition) is 3. The van der Waals surface area contributed by atoms with Crippen LogP contribution in [0.3, 0.4) is 0 Å². The number of nitrogens with zero attached hydrogens (tertiary/aromatic N) is 3. The fourth-order valence-corrected chi connectivity index (χ4v) is 7.96. The number of hydrogen-bond donors (Lipinski definition) is 0. The number of rotatable bonds is 2. The summed E-state index contributed by atoms with van der Waals surface area (Å²) in [5, 5.41) is 7.06. The van der Waals surface area contributed by atoms with Gasteiger partial charge in [-0.1, -0.05) is 115 Å². The second-order valence-electron chi connectivity index (χ2n) is 13.0. The monoisotopic (exact) mass is 625 g/mol. The van der Waals surface area contributed by atoms with Crippen LogP contribution in [0.4, 0.5) is 0 Å². The van der Waals surface area contributed by atoms with Crippen LogP contribution < -0.4 is 0 Å². The van der Waals surface area contributed by atoms with Crippen molar-refractivity contribution in [2.24, 2.45) is 0 Å². The van der Waals surface area contributed by atoms with Crippen LogP contribution in [0.15, 0.2) is 156 Å². The molecule has 3 aromatic heterocycles. The van der Waals surface area contributed by atoms with Gasteiger partial charge in [0.15, 0.2) is 5.82 Å². The van der Waals surface area contributed by atoms with E-state index in [1.54, 1.807) is 0 Å². The van der Waals surface area contributed by atoms with Crippen molar-refractivity contribution in [3.63, 3.8) is 0 Å². The Bertz CT molecular complexity index is 2950. The third-order valence-corrected chi connectivity index (χ3v) is 10.2. The first kappa shape index (κ1) is 26.5. The number of para-hydroxylation sites is 1. The van der Waals surface area contributed by atoms with Gasteiger partial charge in [-0.15, -0.1) is 0 Å². The second kappa shape index (κ2) is 9.99. The summed E-state index contributed by atoms with van der Waals surface area (Å²) >= 11 is 0. The van der Waals surface area contributed by atoms with E-state index in [9.17, 15) is 0 Å². The Hall–Kier alpha value is -6.52. The summed E-state index contributed by atoms with van der Waals surface area (Å²) in [6, 6.07) is 53.9. The number of furan rings is 1. The molecule has 0 saturated carbocycles. The fraction of sp³-hybridized carbons (Fsp3) is 0.0222. The highest BCUT2D eigenvalue weighted by Crippen LogP contribution is 2.47. The highest BCUT2D eigenvalue weighted by Gasteiger charge is 2.28. The van der Waals surface area contributed by atoms with Gasteiger partial charge in [0.25, 0.3) is 0 Å². The largest absolute Gasteiger partial charge is 0.456 e. The van der Waals surface area contributed by atoms with Crippen LogP contribution in [0.5, 0.6) is 0 Å². The minimum Gasteiger partial charge on any atom is -0.456 e. The molecule has 0 amide bonds. The van der Waals surface area contributed by atoms with Crippen molar-refractivity contribution < 1.29 is 4.42 Å². The smallest absolute Gasteiger partial charge is 0.160 e. The van der Waals surface area contributed by atoms with Crippen molar-refractivity contribution >= 4 is 54.5 Å². The molecule has 0 radical (unpaired) electrons. The van der Waals surface area contributed by atoms with Crippen LogP contribution in [-0.2, 0) is 6.42 Å². The van der Waals surface area contributed by atoms with E-state index in [1.165, 1.54) is 38.1 Å². The maximum atomic E-state index is 6.56. The van der Waals surface area contributed by atoms with Gasteiger partial charge in [-0.3, -0.25) is 0 Å². The predicted molar refractivity (Wildman–Crippen MR) is 200 cm³/mol. The molecule has 228 valence electrons. The van der Waals surface area contributed by atoms with E-state index in [0.29, 0.717) is 12.2 Å². The van der Waals surface area contributed by atoms with E-state index < -0.39 is 0 Å². The molecule has 0 N–H and O–H groups in total. The summed E-state index contributed by atoms with van der Waals surface area (Å²) in [6.07, 6.45) is 0.680. The molecule has 4 heteroatoms. The topological polar surface area (TPSA) is 43.9 Å². The van der Waals surface area contributed by atoms with Crippen LogP contribution in [0, 0.1) is 0 Å². The molecule has 1 aliphatic heterocycles. The lowest BCUT2D eigenvalue weighted by atomic mass is 9.91. The Balaban J connectivity index is 1.37. The van der Waals surface area contributed by atoms with Gasteiger partial charge in [0.2, 0.25) is 0 Å². The maximum Gasteiger partial charge on any atom is 0.160 e. The van der Waals surface area contributed by atoms with Crippen molar-refractivity contribution in [1.29, 1.82) is 0 Å². The number of aromatic nitrogens is 3. The second-order valence-corrected chi connectivity index (χ2v) is 13.0. The highest BCUT2D eigenvalue weighted by molar-refractivity contribution is 6.18. The van der Waals surface area contributed by atoms with Crippen molar-refractivity contribution in [3.8, 4) is 39.6 Å². The molecule has 0 spiro atoms. The first-order valence-corrected chi connectivity index (χ1v) is 16.7. The maximum absolute atomic E-state index is 6.56. The van der Waals surface area contributed by atoms with E-state index in [1.807, 2.05) is 12.1 Å². The van der Waals surface area contributed by atoms with Crippen molar-refractivity contribution in [2.75, 3.05) is 0 Å². The Morgan fingerprint density at radius 2 is 1.20 bits per heavy atom. The standard InChI is InChI=1S/C45H27N3O/c1-3-11-28(12-4-1)43-35-23-27-19-20-32-34-25-30-15-7-8-16-31(30)26-38(34)48(37(32)24-27)36-21-22-40-41(33-17-9-10-18-39(33)49-40)42(36)44(35)47-45(46-43)29-13-5-2-6-14-29/h1-22,24-26H,23H2. The Labute approximate surface area is 281 Å². The first-order valence-electron chi connectivity index (χ1n) is 16.7. The Kier molecular flexibility index (Phi) is 5.41. The molecule has 10 aromatic rings. The minimum atomic E-state index is 0.680. The van der Waals surface area contributed by atoms with Gasteiger partial charge < -0.3 is 8.98 Å². The summed E-state index contributed by atoms with van der Waals surface area (Å²) in [4.78, 5) is 10.9. The van der Waals surface area contributed by atoms with Crippen molar-refractivity contribution in [3.05, 3.63) is 163 Å². The molecular weight excluding hydrogens is 599 g/mol. The third-order valence-electron chi connectivity index (χ3n) is 10.2. The molecule has 0 aliphatic carbocycles. The summed E-state index contributed by atoms with van der Waals surface area (Å²) in [6.45, 7) is 0. The quantitative estimate of drug-likeness (QED) is 0.192. The van der Waals surface area contributed by atoms with Gasteiger partial charge in [-0.05, 0) is 52.7 Å². The summed E-state index contributed by atoms with van der Waals surface area (Å²) in [5.74, 6) is 0.702. The van der Waals surface area contributed by atoms with E-state index >= 15 is 0 Å². The molecule has 2 bridgehead atoms. The summed E-state index contributed by atoms with van der Waals surface area (Å²) in [5.41, 5.74) is 12.4. The summed E-state index contributed by atoms with van der Waals surface area (Å²) in [7, 11) is 0. The molecule has 0 unspecified atom stereocenters. The zero-order valence-corrected chi connectivity index (χ0v) is 26.4. The molecule has 0 saturated heterocycles. The van der Waals surface area contributed by atoms with Gasteiger partial charge in [0.1, 0.15) is 11.2 Å². The normalized spacial score (nSPS) is 12.4. The first-order chi connectivity index (χ1) is 24.3. The lowest BCUT2D eigenvalue weighted by molar-refractivity contribution is 0.669. The Morgan fingerprint density at radius 3 is 2.04 bits per heavy atom. The SMILES string of the molecule is c1ccc(-c2nc(-c3ccccc3)c3c(n2)-c2c(ccc4oc5ccccc5c24)-n2c4cc(ccc4c4cc5ccccc5cc42)C3)cc1. The van der Waals surface area contributed by atoms with Crippen LogP contribution >= 0.6 is 0 Å². The van der Waals surface area contributed by atoms with E-state index in [-0.39, 0.29) is 0 Å². The van der Waals surface area contributed by atoms with Gasteiger partial charge in [-0.2, -0.15) is 0 Å². The molecule has 11 rings (SSSR count). The molecule has 1 aliphatic rings. The molecule has 49 heavy (non-hydrogen) atoms. The van der Waals surface area contributed by atoms with Crippen molar-refractivity contribution in [1.82, 2.24) is 14.5 Å². The van der Waals surface area contributed by atoms with Gasteiger partial charge >= 0.3 is 0 Å². The molecular formula is C45H27N3O. The van der Waals surface area contributed by atoms with Crippen LogP contribution in [-0.4, -0.2) is 14.5 Å². The lowest BCUT2D eigenvalue weighted by Crippen LogP contribution is -2.06. The molecule has 4 nitrogen and oxygen atoms in total. The molecule has 0 fully saturated rings. The van der Waals surface area contributed by atoms with Crippen LogP contribution in [0.25, 0.3) is 94.1 Å². The average Bonchev–Trinajstić information content (AvgIpc) is 3.69. The number of benzene rings is 7. The zero-order chi connectivity index (χ0) is 32.1.